The minimum Gasteiger partial charge on any atom is -0.342 e. The Morgan fingerprint density at radius 3 is 2.81 bits per heavy atom. The van der Waals surface area contributed by atoms with Gasteiger partial charge in [0.25, 0.3) is 0 Å². The van der Waals surface area contributed by atoms with E-state index in [1.807, 2.05) is 6.07 Å². The molecular weight excluding hydrogens is 262 g/mol. The van der Waals surface area contributed by atoms with Crippen LogP contribution in [0, 0.1) is 0 Å². The molecule has 0 radical (unpaired) electrons. The lowest BCUT2D eigenvalue weighted by Gasteiger charge is -2.18. The number of carbonyl (C=O) groups is 1. The summed E-state index contributed by atoms with van der Waals surface area (Å²) in [5, 5.41) is 2.99. The van der Waals surface area contributed by atoms with Gasteiger partial charge in [-0.25, -0.2) is 4.98 Å². The summed E-state index contributed by atoms with van der Waals surface area (Å²) in [5.74, 6) is 1.82. The Morgan fingerprint density at radius 1 is 1.24 bits per heavy atom. The van der Waals surface area contributed by atoms with Gasteiger partial charge in [0.2, 0.25) is 5.91 Å². The number of rotatable bonds is 2. The Balaban J connectivity index is 1.74. The van der Waals surface area contributed by atoms with Gasteiger partial charge in [-0.3, -0.25) is 4.79 Å². The number of nitrogens with one attached hydrogen (secondary N) is 2. The second-order valence-electron chi connectivity index (χ2n) is 6.36. The molecule has 110 valence electrons. The number of benzene rings is 1. The predicted octanol–water partition coefficient (Wildman–Crippen LogP) is 4.06. The van der Waals surface area contributed by atoms with Crippen molar-refractivity contribution in [2.45, 2.75) is 57.3 Å². The van der Waals surface area contributed by atoms with Gasteiger partial charge in [0.15, 0.2) is 0 Å². The number of imidazole rings is 1. The van der Waals surface area contributed by atoms with Crippen molar-refractivity contribution in [3.05, 3.63) is 23.5 Å². The van der Waals surface area contributed by atoms with E-state index in [-0.39, 0.29) is 11.8 Å². The maximum absolute atomic E-state index is 11.9. The maximum Gasteiger partial charge on any atom is 0.231 e. The van der Waals surface area contributed by atoms with E-state index in [2.05, 4.69) is 23.3 Å². The highest BCUT2D eigenvalue weighted by Crippen LogP contribution is 2.38. The third kappa shape index (κ3) is 2.04. The van der Waals surface area contributed by atoms with Crippen LogP contribution in [0.25, 0.3) is 11.0 Å². The molecule has 1 saturated carbocycles. The van der Waals surface area contributed by atoms with Crippen molar-refractivity contribution in [1.82, 2.24) is 9.97 Å². The first-order chi connectivity index (χ1) is 10.3. The van der Waals surface area contributed by atoms with E-state index in [9.17, 15) is 4.79 Å². The summed E-state index contributed by atoms with van der Waals surface area (Å²) < 4.78 is 0. The highest BCUT2D eigenvalue weighted by molar-refractivity contribution is 6.05. The predicted molar refractivity (Wildman–Crippen MR) is 83.6 cm³/mol. The van der Waals surface area contributed by atoms with Gasteiger partial charge in [0, 0.05) is 11.6 Å². The monoisotopic (exact) mass is 283 g/mol. The van der Waals surface area contributed by atoms with Gasteiger partial charge in [0.05, 0.1) is 17.0 Å². The van der Waals surface area contributed by atoms with Crippen molar-refractivity contribution >= 4 is 22.6 Å². The average molecular weight is 283 g/mol. The third-order valence-corrected chi connectivity index (χ3v) is 5.02. The first-order valence-electron chi connectivity index (χ1n) is 8.10. The van der Waals surface area contributed by atoms with Gasteiger partial charge in [-0.05, 0) is 37.0 Å². The van der Waals surface area contributed by atoms with Gasteiger partial charge in [-0.1, -0.05) is 26.2 Å². The summed E-state index contributed by atoms with van der Waals surface area (Å²) in [5.41, 5.74) is 4.12. The number of H-pyrrole nitrogens is 1. The van der Waals surface area contributed by atoms with E-state index in [0.29, 0.717) is 5.92 Å². The van der Waals surface area contributed by atoms with Crippen molar-refractivity contribution < 1.29 is 4.79 Å². The highest BCUT2D eigenvalue weighted by atomic mass is 16.2. The van der Waals surface area contributed by atoms with Gasteiger partial charge in [-0.15, -0.1) is 0 Å². The Bertz CT molecular complexity index is 697. The van der Waals surface area contributed by atoms with Crippen LogP contribution in [0.5, 0.6) is 0 Å². The van der Waals surface area contributed by atoms with Crippen molar-refractivity contribution in [2.75, 3.05) is 5.32 Å². The smallest absolute Gasteiger partial charge is 0.231 e. The SMILES string of the molecule is CCC1C(=O)Nc2cc3nc(C4CCCCC4)[nH]c3cc21. The molecule has 4 nitrogen and oxygen atoms in total. The summed E-state index contributed by atoms with van der Waals surface area (Å²) in [6, 6.07) is 4.15. The van der Waals surface area contributed by atoms with Crippen molar-refractivity contribution in [3.8, 4) is 0 Å². The molecular formula is C17H21N3O. The van der Waals surface area contributed by atoms with Crippen LogP contribution in [0.3, 0.4) is 0 Å². The molecule has 2 N–H and O–H groups in total. The second kappa shape index (κ2) is 4.86. The number of anilines is 1. The molecule has 1 aliphatic heterocycles. The fourth-order valence-electron chi connectivity index (χ4n) is 3.83. The number of aromatic nitrogens is 2. The Morgan fingerprint density at radius 2 is 2.05 bits per heavy atom. The van der Waals surface area contributed by atoms with E-state index in [0.717, 1.165) is 34.5 Å². The Labute approximate surface area is 124 Å². The largest absolute Gasteiger partial charge is 0.342 e. The molecule has 4 heteroatoms. The van der Waals surface area contributed by atoms with Crippen LogP contribution >= 0.6 is 0 Å². The second-order valence-corrected chi connectivity index (χ2v) is 6.36. The van der Waals surface area contributed by atoms with Crippen LogP contribution < -0.4 is 5.32 Å². The van der Waals surface area contributed by atoms with E-state index >= 15 is 0 Å². The number of aromatic amines is 1. The van der Waals surface area contributed by atoms with E-state index in [1.165, 1.54) is 32.1 Å². The lowest BCUT2D eigenvalue weighted by atomic mass is 9.89. The summed E-state index contributed by atoms with van der Waals surface area (Å²) >= 11 is 0. The molecule has 0 bridgehead atoms. The fraction of sp³-hybridized carbons (Fsp3) is 0.529. The molecule has 2 aromatic rings. The quantitative estimate of drug-likeness (QED) is 0.873. The topological polar surface area (TPSA) is 57.8 Å². The normalized spacial score (nSPS) is 22.5. The van der Waals surface area contributed by atoms with Gasteiger partial charge >= 0.3 is 0 Å². The number of nitrogens with zero attached hydrogens (tertiary/aromatic N) is 1. The molecule has 4 rings (SSSR count). The number of hydrogen-bond donors (Lipinski definition) is 2. The Kier molecular flexibility index (Phi) is 2.98. The molecule has 1 atom stereocenters. The van der Waals surface area contributed by atoms with Crippen LogP contribution in [0.15, 0.2) is 12.1 Å². The fourth-order valence-corrected chi connectivity index (χ4v) is 3.83. The summed E-state index contributed by atoms with van der Waals surface area (Å²) in [7, 11) is 0. The summed E-state index contributed by atoms with van der Waals surface area (Å²) in [4.78, 5) is 20.2. The van der Waals surface area contributed by atoms with E-state index in [4.69, 9.17) is 4.98 Å². The lowest BCUT2D eigenvalue weighted by molar-refractivity contribution is -0.117. The first kappa shape index (κ1) is 12.9. The van der Waals surface area contributed by atoms with Crippen LogP contribution in [0.1, 0.15) is 68.7 Å². The van der Waals surface area contributed by atoms with Crippen molar-refractivity contribution in [1.29, 1.82) is 0 Å². The number of carbonyl (C=O) groups excluding carboxylic acids is 1. The molecule has 0 saturated heterocycles. The summed E-state index contributed by atoms with van der Waals surface area (Å²) in [6.07, 6.45) is 7.31. The molecule has 2 aliphatic rings. The zero-order valence-corrected chi connectivity index (χ0v) is 12.4. The lowest BCUT2D eigenvalue weighted by Crippen LogP contribution is -2.10. The standard InChI is InChI=1S/C17H21N3O/c1-2-11-12-8-14-15(9-13(12)20-17(11)21)19-16(18-14)10-6-4-3-5-7-10/h8-11H,2-7H2,1H3,(H,18,19)(H,20,21). The minimum atomic E-state index is -0.00849. The maximum atomic E-state index is 11.9. The molecule has 1 aromatic heterocycles. The number of fused-ring (bicyclic) bond motifs is 2. The molecule has 1 unspecified atom stereocenters. The van der Waals surface area contributed by atoms with Crippen LogP contribution in [0.2, 0.25) is 0 Å². The van der Waals surface area contributed by atoms with Gasteiger partial charge < -0.3 is 10.3 Å². The summed E-state index contributed by atoms with van der Waals surface area (Å²) in [6.45, 7) is 2.06. The molecule has 2 heterocycles. The molecule has 1 amide bonds. The zero-order valence-electron chi connectivity index (χ0n) is 12.4. The average Bonchev–Trinajstić information content (AvgIpc) is 3.04. The molecule has 1 aromatic carbocycles. The van der Waals surface area contributed by atoms with Gasteiger partial charge in [0.1, 0.15) is 5.82 Å². The van der Waals surface area contributed by atoms with Crippen molar-refractivity contribution in [3.63, 3.8) is 0 Å². The van der Waals surface area contributed by atoms with E-state index in [1.54, 1.807) is 0 Å². The van der Waals surface area contributed by atoms with Crippen molar-refractivity contribution in [2.24, 2.45) is 0 Å². The number of amides is 1. The first-order valence-corrected chi connectivity index (χ1v) is 8.10. The van der Waals surface area contributed by atoms with E-state index < -0.39 is 0 Å². The third-order valence-electron chi connectivity index (χ3n) is 5.02. The molecule has 1 aliphatic carbocycles. The molecule has 0 spiro atoms. The Hall–Kier alpha value is -1.84. The molecule has 1 fully saturated rings. The van der Waals surface area contributed by atoms with Gasteiger partial charge in [-0.2, -0.15) is 0 Å². The highest BCUT2D eigenvalue weighted by Gasteiger charge is 2.30. The number of hydrogen-bond acceptors (Lipinski definition) is 2. The minimum absolute atomic E-state index is 0.00849. The van der Waals surface area contributed by atoms with Crippen LogP contribution in [-0.2, 0) is 4.79 Å². The van der Waals surface area contributed by atoms with Crippen LogP contribution in [0.4, 0.5) is 5.69 Å². The zero-order chi connectivity index (χ0) is 14.4. The van der Waals surface area contributed by atoms with Crippen LogP contribution in [-0.4, -0.2) is 15.9 Å². The molecule has 21 heavy (non-hydrogen) atoms.